The maximum absolute atomic E-state index is 10.4. The van der Waals surface area contributed by atoms with Crippen LogP contribution in [0, 0.1) is 0 Å². The van der Waals surface area contributed by atoms with Crippen molar-refractivity contribution >= 4 is 5.97 Å². The monoisotopic (exact) mass is 220 g/mol. The van der Waals surface area contributed by atoms with Crippen LogP contribution in [0.15, 0.2) is 12.3 Å². The van der Waals surface area contributed by atoms with Gasteiger partial charge in [0.2, 0.25) is 0 Å². The van der Waals surface area contributed by atoms with E-state index in [-0.39, 0.29) is 6.42 Å². The summed E-state index contributed by atoms with van der Waals surface area (Å²) in [6.45, 7) is 0. The lowest BCUT2D eigenvalue weighted by molar-refractivity contribution is -0.137. The average molecular weight is 220 g/mol. The molecule has 1 aromatic rings. The van der Waals surface area contributed by atoms with Crippen molar-refractivity contribution in [3.05, 3.63) is 23.8 Å². The molecule has 1 aliphatic carbocycles. The molecule has 0 bridgehead atoms. The van der Waals surface area contributed by atoms with Crippen LogP contribution in [-0.2, 0) is 11.2 Å². The van der Waals surface area contributed by atoms with Crippen molar-refractivity contribution in [1.29, 1.82) is 0 Å². The molecule has 1 aliphatic rings. The van der Waals surface area contributed by atoms with Crippen LogP contribution < -0.4 is 0 Å². The Morgan fingerprint density at radius 2 is 2.31 bits per heavy atom. The van der Waals surface area contributed by atoms with E-state index in [4.69, 9.17) is 5.11 Å². The summed E-state index contributed by atoms with van der Waals surface area (Å²) in [6.07, 6.45) is 7.00. The highest BCUT2D eigenvalue weighted by Gasteiger charge is 2.20. The Balaban J connectivity index is 1.91. The minimum absolute atomic E-state index is 0.191. The number of carbonyl (C=O) groups is 1. The first-order valence-electron chi connectivity index (χ1n) is 5.79. The summed E-state index contributed by atoms with van der Waals surface area (Å²) in [5, 5.41) is 8.54. The molecular weight excluding hydrogens is 204 g/mol. The molecule has 0 aromatic carbocycles. The van der Waals surface area contributed by atoms with Gasteiger partial charge in [-0.05, 0) is 25.3 Å². The number of carboxylic acid groups (broad SMARTS) is 1. The third kappa shape index (κ3) is 2.78. The summed E-state index contributed by atoms with van der Waals surface area (Å²) in [7, 11) is 0. The lowest BCUT2D eigenvalue weighted by Crippen LogP contribution is -2.12. The van der Waals surface area contributed by atoms with Gasteiger partial charge in [-0.15, -0.1) is 0 Å². The van der Waals surface area contributed by atoms with Crippen molar-refractivity contribution in [1.82, 2.24) is 9.97 Å². The van der Waals surface area contributed by atoms with Crippen LogP contribution in [0.25, 0.3) is 0 Å². The number of aromatic nitrogens is 2. The van der Waals surface area contributed by atoms with E-state index in [1.54, 1.807) is 6.20 Å². The van der Waals surface area contributed by atoms with Gasteiger partial charge in [-0.1, -0.05) is 6.42 Å². The Hall–Kier alpha value is -1.45. The van der Waals surface area contributed by atoms with Gasteiger partial charge in [0.1, 0.15) is 5.82 Å². The van der Waals surface area contributed by atoms with Crippen molar-refractivity contribution in [2.24, 2.45) is 0 Å². The molecule has 2 rings (SSSR count). The zero-order valence-corrected chi connectivity index (χ0v) is 9.22. The van der Waals surface area contributed by atoms with Crippen molar-refractivity contribution in [3.8, 4) is 0 Å². The highest BCUT2D eigenvalue weighted by molar-refractivity contribution is 5.66. The first-order valence-corrected chi connectivity index (χ1v) is 5.79. The van der Waals surface area contributed by atoms with Gasteiger partial charge >= 0.3 is 5.97 Å². The van der Waals surface area contributed by atoms with Gasteiger partial charge in [0.25, 0.3) is 0 Å². The van der Waals surface area contributed by atoms with Crippen molar-refractivity contribution in [2.45, 2.75) is 44.4 Å². The van der Waals surface area contributed by atoms with E-state index in [2.05, 4.69) is 9.97 Å². The Kier molecular flexibility index (Phi) is 3.49. The number of rotatable bonds is 5. The zero-order valence-electron chi connectivity index (χ0n) is 9.22. The van der Waals surface area contributed by atoms with Crippen LogP contribution in [0.4, 0.5) is 0 Å². The summed E-state index contributed by atoms with van der Waals surface area (Å²) >= 11 is 0. The second-order valence-corrected chi connectivity index (χ2v) is 4.27. The molecular formula is C12H16N2O2. The van der Waals surface area contributed by atoms with Gasteiger partial charge in [-0.2, -0.15) is 0 Å². The van der Waals surface area contributed by atoms with E-state index in [1.165, 1.54) is 19.3 Å². The third-order valence-corrected chi connectivity index (χ3v) is 3.04. The molecule has 0 amide bonds. The van der Waals surface area contributed by atoms with E-state index >= 15 is 0 Å². The van der Waals surface area contributed by atoms with Crippen LogP contribution in [-0.4, -0.2) is 21.0 Å². The lowest BCUT2D eigenvalue weighted by atomic mass is 9.83. The van der Waals surface area contributed by atoms with E-state index < -0.39 is 5.97 Å². The van der Waals surface area contributed by atoms with Crippen LogP contribution in [0.3, 0.4) is 0 Å². The lowest BCUT2D eigenvalue weighted by Gasteiger charge is -2.24. The second-order valence-electron chi connectivity index (χ2n) is 4.27. The number of aryl methyl sites for hydroxylation is 1. The van der Waals surface area contributed by atoms with Gasteiger partial charge in [0, 0.05) is 30.7 Å². The highest BCUT2D eigenvalue weighted by Crippen LogP contribution is 2.34. The average Bonchev–Trinajstić information content (AvgIpc) is 2.15. The van der Waals surface area contributed by atoms with E-state index in [9.17, 15) is 4.79 Å². The molecule has 1 N–H and O–H groups in total. The summed E-state index contributed by atoms with van der Waals surface area (Å²) < 4.78 is 0. The Morgan fingerprint density at radius 3 is 2.94 bits per heavy atom. The summed E-state index contributed by atoms with van der Waals surface area (Å²) in [4.78, 5) is 19.0. The topological polar surface area (TPSA) is 63.1 Å². The maximum atomic E-state index is 10.4. The van der Waals surface area contributed by atoms with Gasteiger partial charge in [-0.25, -0.2) is 9.97 Å². The van der Waals surface area contributed by atoms with E-state index in [1.807, 2.05) is 6.07 Å². The first-order chi connectivity index (χ1) is 7.75. The van der Waals surface area contributed by atoms with E-state index in [0.717, 1.165) is 11.5 Å². The van der Waals surface area contributed by atoms with Crippen molar-refractivity contribution in [3.63, 3.8) is 0 Å². The molecule has 0 unspecified atom stereocenters. The fraction of sp³-hybridized carbons (Fsp3) is 0.583. The van der Waals surface area contributed by atoms with Crippen molar-refractivity contribution in [2.75, 3.05) is 0 Å². The fourth-order valence-electron chi connectivity index (χ4n) is 1.86. The normalized spacial score (nSPS) is 15.8. The molecule has 1 aromatic heterocycles. The molecule has 1 fully saturated rings. The molecule has 0 aliphatic heterocycles. The molecule has 4 nitrogen and oxygen atoms in total. The first kappa shape index (κ1) is 11.0. The molecule has 4 heteroatoms. The minimum Gasteiger partial charge on any atom is -0.481 e. The number of nitrogens with zero attached hydrogens (tertiary/aromatic N) is 2. The number of hydrogen-bond donors (Lipinski definition) is 1. The molecule has 0 spiro atoms. The Morgan fingerprint density at radius 1 is 1.50 bits per heavy atom. The molecule has 1 heterocycles. The quantitative estimate of drug-likeness (QED) is 0.825. The summed E-state index contributed by atoms with van der Waals surface area (Å²) in [5.74, 6) is 0.641. The molecule has 16 heavy (non-hydrogen) atoms. The third-order valence-electron chi connectivity index (χ3n) is 3.04. The molecule has 1 saturated carbocycles. The summed E-state index contributed by atoms with van der Waals surface area (Å²) in [5.41, 5.74) is 1.13. The predicted octanol–water partition coefficient (Wildman–Crippen LogP) is 2.15. The second kappa shape index (κ2) is 5.05. The highest BCUT2D eigenvalue weighted by atomic mass is 16.4. The predicted molar refractivity (Wildman–Crippen MR) is 59.2 cm³/mol. The fourth-order valence-corrected chi connectivity index (χ4v) is 1.86. The van der Waals surface area contributed by atoms with E-state index in [0.29, 0.717) is 18.8 Å². The van der Waals surface area contributed by atoms with Gasteiger partial charge in [0.05, 0.1) is 0 Å². The van der Waals surface area contributed by atoms with Gasteiger partial charge < -0.3 is 5.11 Å². The molecule has 0 radical (unpaired) electrons. The molecule has 0 atom stereocenters. The Bertz CT molecular complexity index is 375. The minimum atomic E-state index is -0.754. The Labute approximate surface area is 94.7 Å². The number of hydrogen-bond acceptors (Lipinski definition) is 3. The standard InChI is InChI=1S/C12H16N2O2/c15-12(16)6-2-5-11-13-8-7-10(14-11)9-3-1-4-9/h7-9H,1-6H2,(H,15,16). The molecule has 86 valence electrons. The van der Waals surface area contributed by atoms with Crippen LogP contribution in [0.2, 0.25) is 0 Å². The zero-order chi connectivity index (χ0) is 11.4. The smallest absolute Gasteiger partial charge is 0.303 e. The molecule has 0 saturated heterocycles. The van der Waals surface area contributed by atoms with Crippen LogP contribution >= 0.6 is 0 Å². The number of carboxylic acids is 1. The van der Waals surface area contributed by atoms with Crippen LogP contribution in [0.5, 0.6) is 0 Å². The number of aliphatic carboxylic acids is 1. The largest absolute Gasteiger partial charge is 0.481 e. The summed E-state index contributed by atoms with van der Waals surface area (Å²) in [6, 6.07) is 1.98. The van der Waals surface area contributed by atoms with Gasteiger partial charge in [0.15, 0.2) is 0 Å². The maximum Gasteiger partial charge on any atom is 0.303 e. The van der Waals surface area contributed by atoms with Crippen molar-refractivity contribution < 1.29 is 9.90 Å². The van der Waals surface area contributed by atoms with Crippen LogP contribution in [0.1, 0.15) is 49.5 Å². The van der Waals surface area contributed by atoms with Gasteiger partial charge in [-0.3, -0.25) is 4.79 Å². The SMILES string of the molecule is O=C(O)CCCc1nccc(C2CCC2)n1.